The zero-order valence-corrected chi connectivity index (χ0v) is 21.0. The Morgan fingerprint density at radius 2 is 1.67 bits per heavy atom. The predicted molar refractivity (Wildman–Crippen MR) is 141 cm³/mol. The lowest BCUT2D eigenvalue weighted by atomic mass is 9.93. The number of hydrogen-bond acceptors (Lipinski definition) is 4. The van der Waals surface area contributed by atoms with E-state index in [4.69, 9.17) is 4.74 Å². The SMILES string of the molecule is COc1ccc(/C(O)=C2\C(=O)C(=O)N(c3ccc(C)c(C)c3)C2c2cn(C)c3ccccc23)c(C)c1. The quantitative estimate of drug-likeness (QED) is 0.230. The van der Waals surface area contributed by atoms with E-state index in [9.17, 15) is 14.7 Å². The highest BCUT2D eigenvalue weighted by atomic mass is 16.5. The van der Waals surface area contributed by atoms with Gasteiger partial charge in [0.1, 0.15) is 11.5 Å². The van der Waals surface area contributed by atoms with Gasteiger partial charge in [0.2, 0.25) is 0 Å². The number of para-hydroxylation sites is 1. The number of ketones is 1. The molecule has 6 nitrogen and oxygen atoms in total. The molecule has 1 amide bonds. The van der Waals surface area contributed by atoms with Crippen LogP contribution in [-0.4, -0.2) is 28.5 Å². The summed E-state index contributed by atoms with van der Waals surface area (Å²) in [5.41, 5.74) is 5.76. The van der Waals surface area contributed by atoms with Gasteiger partial charge in [-0.05, 0) is 73.9 Å². The van der Waals surface area contributed by atoms with E-state index in [1.165, 1.54) is 4.90 Å². The molecule has 1 aliphatic heterocycles. The third kappa shape index (κ3) is 3.57. The van der Waals surface area contributed by atoms with Crippen molar-refractivity contribution in [3.05, 3.63) is 100 Å². The lowest BCUT2D eigenvalue weighted by Crippen LogP contribution is -2.29. The average Bonchev–Trinajstić information content (AvgIpc) is 3.34. The molecule has 1 unspecified atom stereocenters. The molecule has 1 atom stereocenters. The molecule has 0 spiro atoms. The van der Waals surface area contributed by atoms with Crippen molar-refractivity contribution in [2.75, 3.05) is 12.0 Å². The van der Waals surface area contributed by atoms with Crippen molar-refractivity contribution in [1.29, 1.82) is 0 Å². The number of carbonyl (C=O) groups excluding carboxylic acids is 2. The molecule has 1 aromatic heterocycles. The van der Waals surface area contributed by atoms with Crippen LogP contribution in [0.15, 0.2) is 72.4 Å². The molecule has 36 heavy (non-hydrogen) atoms. The molecule has 1 fully saturated rings. The molecule has 0 bridgehead atoms. The molecule has 5 rings (SSSR count). The second-order valence-corrected chi connectivity index (χ2v) is 9.33. The summed E-state index contributed by atoms with van der Waals surface area (Å²) in [6.07, 6.45) is 1.93. The minimum Gasteiger partial charge on any atom is -0.507 e. The lowest BCUT2D eigenvalue weighted by Gasteiger charge is -2.25. The second kappa shape index (κ2) is 8.72. The van der Waals surface area contributed by atoms with Crippen LogP contribution >= 0.6 is 0 Å². The highest BCUT2D eigenvalue weighted by Crippen LogP contribution is 2.45. The fraction of sp³-hybridized carbons (Fsp3) is 0.200. The Labute approximate surface area is 210 Å². The zero-order chi connectivity index (χ0) is 25.7. The van der Waals surface area contributed by atoms with Gasteiger partial charge in [-0.2, -0.15) is 0 Å². The molecular weight excluding hydrogens is 452 g/mol. The summed E-state index contributed by atoms with van der Waals surface area (Å²) in [4.78, 5) is 28.7. The number of carbonyl (C=O) groups is 2. The van der Waals surface area contributed by atoms with E-state index in [1.54, 1.807) is 25.3 Å². The fourth-order valence-electron chi connectivity index (χ4n) is 5.03. The van der Waals surface area contributed by atoms with Gasteiger partial charge in [0.05, 0.1) is 18.7 Å². The Hall–Kier alpha value is -4.32. The summed E-state index contributed by atoms with van der Waals surface area (Å²) >= 11 is 0. The van der Waals surface area contributed by atoms with E-state index >= 15 is 0 Å². The average molecular weight is 481 g/mol. The molecule has 0 saturated carbocycles. The summed E-state index contributed by atoms with van der Waals surface area (Å²) in [5.74, 6) is -0.925. The van der Waals surface area contributed by atoms with Gasteiger partial charge in [-0.25, -0.2) is 0 Å². The maximum Gasteiger partial charge on any atom is 0.300 e. The van der Waals surface area contributed by atoms with Gasteiger partial charge in [-0.3, -0.25) is 14.5 Å². The summed E-state index contributed by atoms with van der Waals surface area (Å²) in [6.45, 7) is 5.81. The second-order valence-electron chi connectivity index (χ2n) is 9.33. The van der Waals surface area contributed by atoms with Gasteiger partial charge in [-0.1, -0.05) is 24.3 Å². The number of Topliss-reactive ketones (excluding diaryl/α,β-unsaturated/α-hetero) is 1. The van der Waals surface area contributed by atoms with Gasteiger partial charge in [0, 0.05) is 41.0 Å². The van der Waals surface area contributed by atoms with Crippen molar-refractivity contribution in [2.45, 2.75) is 26.8 Å². The molecule has 6 heteroatoms. The Bertz CT molecular complexity index is 1580. The van der Waals surface area contributed by atoms with E-state index in [0.29, 0.717) is 17.0 Å². The minimum absolute atomic E-state index is 0.0721. The number of methoxy groups -OCH3 is 1. The molecule has 2 heterocycles. The van der Waals surface area contributed by atoms with Crippen molar-refractivity contribution in [3.63, 3.8) is 0 Å². The molecule has 1 saturated heterocycles. The summed E-state index contributed by atoms with van der Waals surface area (Å²) in [5, 5.41) is 12.5. The highest BCUT2D eigenvalue weighted by molar-refractivity contribution is 6.52. The minimum atomic E-state index is -0.792. The van der Waals surface area contributed by atoms with Gasteiger partial charge >= 0.3 is 0 Å². The third-order valence-electron chi connectivity index (χ3n) is 7.12. The molecular formula is C30H28N2O4. The molecule has 1 N–H and O–H groups in total. The number of aliphatic hydroxyl groups excluding tert-OH is 1. The van der Waals surface area contributed by atoms with Crippen LogP contribution in [0.5, 0.6) is 5.75 Å². The number of aliphatic hydroxyl groups is 1. The number of hydrogen-bond donors (Lipinski definition) is 1. The first-order chi connectivity index (χ1) is 17.2. The topological polar surface area (TPSA) is 71.8 Å². The summed E-state index contributed by atoms with van der Waals surface area (Å²) in [6, 6.07) is 18.0. The van der Waals surface area contributed by atoms with Crippen molar-refractivity contribution < 1.29 is 19.4 Å². The lowest BCUT2D eigenvalue weighted by molar-refractivity contribution is -0.132. The number of rotatable bonds is 4. The number of anilines is 1. The first-order valence-electron chi connectivity index (χ1n) is 11.8. The Morgan fingerprint density at radius 1 is 0.917 bits per heavy atom. The molecule has 1 aliphatic rings. The van der Waals surface area contributed by atoms with E-state index < -0.39 is 17.7 Å². The van der Waals surface area contributed by atoms with Crippen LogP contribution in [0.1, 0.15) is 33.9 Å². The molecule has 0 radical (unpaired) electrons. The van der Waals surface area contributed by atoms with Crippen LogP contribution in [0.3, 0.4) is 0 Å². The van der Waals surface area contributed by atoms with Gasteiger partial charge < -0.3 is 14.4 Å². The van der Waals surface area contributed by atoms with Gasteiger partial charge in [0.25, 0.3) is 11.7 Å². The third-order valence-corrected chi connectivity index (χ3v) is 7.12. The van der Waals surface area contributed by atoms with Crippen molar-refractivity contribution in [2.24, 2.45) is 7.05 Å². The smallest absolute Gasteiger partial charge is 0.300 e. The monoisotopic (exact) mass is 480 g/mol. The van der Waals surface area contributed by atoms with Crippen molar-refractivity contribution >= 4 is 34.0 Å². The van der Waals surface area contributed by atoms with Crippen LogP contribution < -0.4 is 9.64 Å². The largest absolute Gasteiger partial charge is 0.507 e. The first-order valence-corrected chi connectivity index (χ1v) is 11.8. The molecule has 182 valence electrons. The van der Waals surface area contributed by atoms with Crippen LogP contribution in [-0.2, 0) is 16.6 Å². The maximum absolute atomic E-state index is 13.6. The normalized spacial score (nSPS) is 17.2. The number of ether oxygens (including phenoxy) is 1. The Balaban J connectivity index is 1.81. The van der Waals surface area contributed by atoms with E-state index in [1.807, 2.05) is 81.0 Å². The van der Waals surface area contributed by atoms with Gasteiger partial charge in [-0.15, -0.1) is 0 Å². The predicted octanol–water partition coefficient (Wildman–Crippen LogP) is 5.74. The number of nitrogens with zero attached hydrogens (tertiary/aromatic N) is 2. The Morgan fingerprint density at radius 3 is 2.36 bits per heavy atom. The van der Waals surface area contributed by atoms with E-state index in [0.717, 1.165) is 33.2 Å². The first kappa shape index (κ1) is 23.4. The van der Waals surface area contributed by atoms with Crippen LogP contribution in [0.25, 0.3) is 16.7 Å². The van der Waals surface area contributed by atoms with E-state index in [2.05, 4.69) is 0 Å². The van der Waals surface area contributed by atoms with Crippen LogP contribution in [0.4, 0.5) is 5.69 Å². The number of amides is 1. The van der Waals surface area contributed by atoms with Crippen LogP contribution in [0.2, 0.25) is 0 Å². The maximum atomic E-state index is 13.6. The fourth-order valence-corrected chi connectivity index (χ4v) is 5.03. The molecule has 4 aromatic rings. The Kier molecular flexibility index (Phi) is 5.67. The summed E-state index contributed by atoms with van der Waals surface area (Å²) < 4.78 is 7.28. The standard InChI is InChI=1S/C30H28N2O4/c1-17-10-11-20(14-18(17)2)32-27(24-16-31(4)25-9-7-6-8-23(24)25)26(29(34)30(32)35)28(33)22-13-12-21(36-5)15-19(22)3/h6-16,27,33H,1-5H3/b28-26+. The summed E-state index contributed by atoms with van der Waals surface area (Å²) in [7, 11) is 3.51. The highest BCUT2D eigenvalue weighted by Gasteiger charge is 2.48. The molecule has 3 aromatic carbocycles. The van der Waals surface area contributed by atoms with E-state index in [-0.39, 0.29) is 11.3 Å². The van der Waals surface area contributed by atoms with Crippen molar-refractivity contribution in [1.82, 2.24) is 4.57 Å². The van der Waals surface area contributed by atoms with Crippen LogP contribution in [0, 0.1) is 20.8 Å². The number of aryl methyl sites for hydroxylation is 4. The van der Waals surface area contributed by atoms with Crippen molar-refractivity contribution in [3.8, 4) is 5.75 Å². The van der Waals surface area contributed by atoms with Gasteiger partial charge in [0.15, 0.2) is 0 Å². The number of fused-ring (bicyclic) bond motifs is 1. The zero-order valence-electron chi connectivity index (χ0n) is 21.0. The number of benzene rings is 3. The number of aromatic nitrogens is 1. The molecule has 0 aliphatic carbocycles.